The van der Waals surface area contributed by atoms with Gasteiger partial charge in [-0.05, 0) is 36.6 Å². The molecule has 0 aliphatic carbocycles. The van der Waals surface area contributed by atoms with E-state index in [1.54, 1.807) is 0 Å². The van der Waals surface area contributed by atoms with E-state index < -0.39 is 31.1 Å². The van der Waals surface area contributed by atoms with Crippen LogP contribution in [0.4, 0.5) is 11.8 Å². The van der Waals surface area contributed by atoms with Crippen LogP contribution in [-0.4, -0.2) is 72.9 Å². The van der Waals surface area contributed by atoms with Crippen molar-refractivity contribution < 1.29 is 24.8 Å². The largest absolute Gasteiger partial charge is 0.493 e. The van der Waals surface area contributed by atoms with Gasteiger partial charge in [-0.25, -0.2) is 15.0 Å². The van der Waals surface area contributed by atoms with Crippen LogP contribution < -0.4 is 21.5 Å². The second kappa shape index (κ2) is 11.9. The van der Waals surface area contributed by atoms with Crippen LogP contribution in [0.5, 0.6) is 5.75 Å². The Labute approximate surface area is 225 Å². The van der Waals surface area contributed by atoms with Gasteiger partial charge in [0, 0.05) is 12.1 Å². The molecule has 0 bridgehead atoms. The Morgan fingerprint density at radius 2 is 1.87 bits per heavy atom. The molecule has 12 heteroatoms. The first-order valence-electron chi connectivity index (χ1n) is 12.9. The summed E-state index contributed by atoms with van der Waals surface area (Å²) in [6, 6.07) is 16.0. The van der Waals surface area contributed by atoms with E-state index in [1.165, 1.54) is 10.9 Å². The van der Waals surface area contributed by atoms with Crippen molar-refractivity contribution in [2.45, 2.75) is 43.9 Å². The molecule has 0 saturated carbocycles. The highest BCUT2D eigenvalue weighted by Gasteiger charge is 2.45. The highest BCUT2D eigenvalue weighted by molar-refractivity contribution is 5.84. The third kappa shape index (κ3) is 5.51. The summed E-state index contributed by atoms with van der Waals surface area (Å²) in [6.07, 6.45) is -1.60. The van der Waals surface area contributed by atoms with Crippen molar-refractivity contribution in [3.63, 3.8) is 0 Å². The summed E-state index contributed by atoms with van der Waals surface area (Å²) < 4.78 is 13.5. The lowest BCUT2D eigenvalue weighted by atomic mass is 10.0. The molecule has 2 aromatic carbocycles. The highest BCUT2D eigenvalue weighted by atomic mass is 16.6. The molecule has 1 fully saturated rings. The predicted octanol–water partition coefficient (Wildman–Crippen LogP) is 1.42. The Kier molecular flexibility index (Phi) is 8.19. The number of benzene rings is 2. The zero-order chi connectivity index (χ0) is 27.4. The van der Waals surface area contributed by atoms with E-state index in [9.17, 15) is 15.3 Å². The number of anilines is 2. The molecule has 12 nitrogen and oxygen atoms in total. The Hall–Kier alpha value is -3.81. The van der Waals surface area contributed by atoms with Gasteiger partial charge in [-0.15, -0.1) is 0 Å². The molecule has 4 atom stereocenters. The molecule has 3 heterocycles. The number of aliphatic hydroxyl groups excluding tert-OH is 3. The first kappa shape index (κ1) is 26.8. The van der Waals surface area contributed by atoms with Gasteiger partial charge in [0.15, 0.2) is 23.2 Å². The molecule has 0 spiro atoms. The monoisotopic (exact) mass is 535 g/mol. The predicted molar refractivity (Wildman–Crippen MR) is 146 cm³/mol. The minimum absolute atomic E-state index is 0.161. The average Bonchev–Trinajstić information content (AvgIpc) is 3.47. The maximum absolute atomic E-state index is 10.7. The lowest BCUT2D eigenvalue weighted by Gasteiger charge is -2.20. The molecule has 1 aliphatic heterocycles. The molecule has 5 rings (SSSR count). The number of aromatic nitrogens is 4. The Bertz CT molecular complexity index is 1400. The van der Waals surface area contributed by atoms with Crippen LogP contribution in [0, 0.1) is 0 Å². The SMILES string of the molecule is NCCCCOc1cc(CNc2nc3c(N)ncnc3n2[C@@H]2O[C@H](CO)C(O)C2O)ccc1-c1ccccc1. The van der Waals surface area contributed by atoms with Crippen molar-refractivity contribution in [2.24, 2.45) is 5.73 Å². The molecule has 1 aliphatic rings. The lowest BCUT2D eigenvalue weighted by Crippen LogP contribution is -2.33. The van der Waals surface area contributed by atoms with Gasteiger partial charge in [0.1, 0.15) is 30.4 Å². The number of nitrogens with zero attached hydrogens (tertiary/aromatic N) is 4. The molecule has 0 radical (unpaired) electrons. The number of nitrogens with one attached hydrogen (secondary N) is 1. The normalized spacial score (nSPS) is 20.9. The minimum atomic E-state index is -1.32. The summed E-state index contributed by atoms with van der Waals surface area (Å²) in [5.41, 5.74) is 15.3. The number of hydrogen-bond donors (Lipinski definition) is 6. The van der Waals surface area contributed by atoms with Gasteiger partial charge in [-0.1, -0.05) is 42.5 Å². The molecule has 39 heavy (non-hydrogen) atoms. The molecule has 4 aromatic rings. The number of fused-ring (bicyclic) bond motifs is 1. The number of nitrogens with two attached hydrogens (primary N) is 2. The van der Waals surface area contributed by atoms with E-state index in [2.05, 4.69) is 20.3 Å². The van der Waals surface area contributed by atoms with Crippen LogP contribution in [0.1, 0.15) is 24.6 Å². The maximum atomic E-state index is 10.7. The van der Waals surface area contributed by atoms with Crippen LogP contribution in [0.3, 0.4) is 0 Å². The van der Waals surface area contributed by atoms with Gasteiger partial charge in [0.2, 0.25) is 5.95 Å². The fraction of sp³-hybridized carbons (Fsp3) is 0.370. The first-order valence-corrected chi connectivity index (χ1v) is 12.9. The zero-order valence-corrected chi connectivity index (χ0v) is 21.3. The second-order valence-electron chi connectivity index (χ2n) is 9.36. The van der Waals surface area contributed by atoms with E-state index in [0.29, 0.717) is 36.8 Å². The average molecular weight is 536 g/mol. The summed E-state index contributed by atoms with van der Waals surface area (Å²) in [5.74, 6) is 1.23. The second-order valence-corrected chi connectivity index (χ2v) is 9.36. The summed E-state index contributed by atoms with van der Waals surface area (Å²) in [7, 11) is 0. The standard InChI is InChI=1S/C27H33N7O5/c28-10-4-5-11-38-19-12-16(8-9-18(19)17-6-2-1-3-7-17)13-30-27-33-21-24(29)31-15-32-25(21)34(27)26-23(37)22(36)20(14-35)39-26/h1-3,6-9,12,15,20,22-23,26,35-37H,4-5,10-11,13-14,28H2,(H,30,33)(H2,29,31,32)/t20-,22?,23?,26-/m1/s1. The summed E-state index contributed by atoms with van der Waals surface area (Å²) in [4.78, 5) is 12.9. The zero-order valence-electron chi connectivity index (χ0n) is 21.3. The topological polar surface area (TPSA) is 187 Å². The molecular weight excluding hydrogens is 502 g/mol. The van der Waals surface area contributed by atoms with E-state index in [-0.39, 0.29) is 5.82 Å². The maximum Gasteiger partial charge on any atom is 0.207 e. The van der Waals surface area contributed by atoms with Crippen LogP contribution in [0.2, 0.25) is 0 Å². The molecule has 2 unspecified atom stereocenters. The number of unbranched alkanes of at least 4 members (excludes halogenated alkanes) is 1. The highest BCUT2D eigenvalue weighted by Crippen LogP contribution is 2.36. The van der Waals surface area contributed by atoms with E-state index in [0.717, 1.165) is 35.3 Å². The fourth-order valence-electron chi connectivity index (χ4n) is 4.65. The van der Waals surface area contributed by atoms with Gasteiger partial charge in [0.25, 0.3) is 0 Å². The Morgan fingerprint density at radius 1 is 1.05 bits per heavy atom. The van der Waals surface area contributed by atoms with Gasteiger partial charge >= 0.3 is 0 Å². The van der Waals surface area contributed by atoms with Crippen molar-refractivity contribution in [3.05, 3.63) is 60.4 Å². The number of rotatable bonds is 11. The lowest BCUT2D eigenvalue weighted by molar-refractivity contribution is -0.0501. The first-order chi connectivity index (χ1) is 19.0. The minimum Gasteiger partial charge on any atom is -0.493 e. The molecular formula is C27H33N7O5. The summed E-state index contributed by atoms with van der Waals surface area (Å²) in [5, 5.41) is 33.9. The molecule has 2 aromatic heterocycles. The fourth-order valence-corrected chi connectivity index (χ4v) is 4.65. The third-order valence-electron chi connectivity index (χ3n) is 6.71. The molecule has 206 valence electrons. The molecule has 0 amide bonds. The summed E-state index contributed by atoms with van der Waals surface area (Å²) >= 11 is 0. The van der Waals surface area contributed by atoms with Gasteiger partial charge < -0.3 is 41.6 Å². The quantitative estimate of drug-likeness (QED) is 0.152. The van der Waals surface area contributed by atoms with Crippen LogP contribution in [0.15, 0.2) is 54.9 Å². The molecule has 1 saturated heterocycles. The van der Waals surface area contributed by atoms with Crippen molar-refractivity contribution in [3.8, 4) is 16.9 Å². The van der Waals surface area contributed by atoms with E-state index in [1.807, 2.05) is 48.5 Å². The van der Waals surface area contributed by atoms with Gasteiger partial charge in [-0.2, -0.15) is 0 Å². The van der Waals surface area contributed by atoms with E-state index >= 15 is 0 Å². The third-order valence-corrected chi connectivity index (χ3v) is 6.71. The Morgan fingerprint density at radius 3 is 2.62 bits per heavy atom. The van der Waals surface area contributed by atoms with E-state index in [4.69, 9.17) is 20.9 Å². The number of hydrogen-bond acceptors (Lipinski definition) is 11. The van der Waals surface area contributed by atoms with Crippen molar-refractivity contribution in [1.82, 2.24) is 19.5 Å². The van der Waals surface area contributed by atoms with Crippen molar-refractivity contribution in [1.29, 1.82) is 0 Å². The Balaban J connectivity index is 1.44. The smallest absolute Gasteiger partial charge is 0.207 e. The number of imidazole rings is 1. The van der Waals surface area contributed by atoms with Crippen LogP contribution in [0.25, 0.3) is 22.3 Å². The van der Waals surface area contributed by atoms with Crippen LogP contribution >= 0.6 is 0 Å². The molecule has 8 N–H and O–H groups in total. The number of aliphatic hydroxyl groups is 3. The summed E-state index contributed by atoms with van der Waals surface area (Å²) in [6.45, 7) is 1.06. The number of nitrogen functional groups attached to an aromatic ring is 1. The van der Waals surface area contributed by atoms with Gasteiger partial charge in [-0.3, -0.25) is 4.57 Å². The number of ether oxygens (including phenoxy) is 2. The van der Waals surface area contributed by atoms with Gasteiger partial charge in [0.05, 0.1) is 13.2 Å². The van der Waals surface area contributed by atoms with Crippen LogP contribution in [-0.2, 0) is 11.3 Å². The van der Waals surface area contributed by atoms with Crippen molar-refractivity contribution >= 4 is 22.9 Å². The van der Waals surface area contributed by atoms with Crippen molar-refractivity contribution in [2.75, 3.05) is 30.8 Å².